The van der Waals surface area contributed by atoms with Gasteiger partial charge in [-0.15, -0.1) is 0 Å². The number of esters is 1. The van der Waals surface area contributed by atoms with Crippen LogP contribution in [0.4, 0.5) is 4.79 Å². The number of carbonyl (C=O) groups is 3. The van der Waals surface area contributed by atoms with Crippen LogP contribution in [0.2, 0.25) is 0 Å². The normalized spacial score (nSPS) is 14.0. The standard InChI is InChI=1S/C18H24N2O6S/c1-6-24-15(22)11-20(12(2)21)27-19(5)17(23)25-14-9-7-8-13-10-18(3,4)26-16(13)14/h7-9H,6,10-11H2,1-5H3. The van der Waals surface area contributed by atoms with Crippen LogP contribution in [0.15, 0.2) is 18.2 Å². The largest absolute Gasteiger partial charge is 0.483 e. The highest BCUT2D eigenvalue weighted by atomic mass is 32.2. The highest BCUT2D eigenvalue weighted by Crippen LogP contribution is 2.42. The summed E-state index contributed by atoms with van der Waals surface area (Å²) < 4.78 is 18.4. The van der Waals surface area contributed by atoms with Crippen molar-refractivity contribution in [2.75, 3.05) is 20.2 Å². The molecule has 0 fully saturated rings. The molecule has 2 rings (SSSR count). The Morgan fingerprint density at radius 2 is 2.00 bits per heavy atom. The summed E-state index contributed by atoms with van der Waals surface area (Å²) in [7, 11) is 1.45. The maximum atomic E-state index is 12.4. The van der Waals surface area contributed by atoms with Gasteiger partial charge in [0.1, 0.15) is 12.1 Å². The Kier molecular flexibility index (Phi) is 6.59. The van der Waals surface area contributed by atoms with Crippen LogP contribution in [0.25, 0.3) is 0 Å². The van der Waals surface area contributed by atoms with Crippen LogP contribution in [-0.2, 0) is 20.7 Å². The molecular weight excluding hydrogens is 372 g/mol. The van der Waals surface area contributed by atoms with Crippen LogP contribution in [0.3, 0.4) is 0 Å². The van der Waals surface area contributed by atoms with Gasteiger partial charge < -0.3 is 14.2 Å². The molecule has 0 N–H and O–H groups in total. The van der Waals surface area contributed by atoms with Gasteiger partial charge in [-0.1, -0.05) is 12.1 Å². The summed E-state index contributed by atoms with van der Waals surface area (Å²) in [5.41, 5.74) is 0.601. The van der Waals surface area contributed by atoms with Crippen molar-refractivity contribution < 1.29 is 28.6 Å². The van der Waals surface area contributed by atoms with Crippen LogP contribution >= 0.6 is 12.1 Å². The molecule has 0 aromatic heterocycles. The molecule has 0 atom stereocenters. The summed E-state index contributed by atoms with van der Waals surface area (Å²) in [6.07, 6.45) is 0.0208. The fourth-order valence-corrected chi connectivity index (χ4v) is 3.21. The van der Waals surface area contributed by atoms with Crippen molar-refractivity contribution in [3.63, 3.8) is 0 Å². The van der Waals surface area contributed by atoms with E-state index in [1.54, 1.807) is 19.1 Å². The Morgan fingerprint density at radius 1 is 1.30 bits per heavy atom. The molecule has 0 unspecified atom stereocenters. The Morgan fingerprint density at radius 3 is 2.63 bits per heavy atom. The van der Waals surface area contributed by atoms with Gasteiger partial charge >= 0.3 is 12.1 Å². The van der Waals surface area contributed by atoms with E-state index in [2.05, 4.69) is 0 Å². The second-order valence-electron chi connectivity index (χ2n) is 6.59. The van der Waals surface area contributed by atoms with Gasteiger partial charge in [-0.3, -0.25) is 13.9 Å². The van der Waals surface area contributed by atoms with Crippen LogP contribution in [0, 0.1) is 0 Å². The van der Waals surface area contributed by atoms with Crippen LogP contribution in [0.5, 0.6) is 11.5 Å². The Balaban J connectivity index is 2.03. The molecule has 1 aliphatic heterocycles. The molecule has 27 heavy (non-hydrogen) atoms. The van der Waals surface area contributed by atoms with Crippen molar-refractivity contribution in [3.05, 3.63) is 23.8 Å². The first kappa shape index (κ1) is 20.9. The van der Waals surface area contributed by atoms with Crippen LogP contribution in [-0.4, -0.2) is 52.4 Å². The molecule has 8 nitrogen and oxygen atoms in total. The van der Waals surface area contributed by atoms with Gasteiger partial charge in [0.05, 0.1) is 18.7 Å². The lowest BCUT2D eigenvalue weighted by molar-refractivity contribution is -0.145. The third-order valence-corrected chi connectivity index (χ3v) is 4.64. The zero-order chi connectivity index (χ0) is 20.2. The number of nitrogens with zero attached hydrogens (tertiary/aromatic N) is 2. The van der Waals surface area contributed by atoms with E-state index >= 15 is 0 Å². The predicted molar refractivity (Wildman–Crippen MR) is 100 cm³/mol. The van der Waals surface area contributed by atoms with Crippen molar-refractivity contribution in [2.45, 2.75) is 39.7 Å². The fourth-order valence-electron chi connectivity index (χ4n) is 2.53. The van der Waals surface area contributed by atoms with Crippen molar-refractivity contribution in [3.8, 4) is 11.5 Å². The maximum absolute atomic E-state index is 12.4. The van der Waals surface area contributed by atoms with E-state index in [4.69, 9.17) is 14.2 Å². The zero-order valence-corrected chi connectivity index (χ0v) is 16.9. The lowest BCUT2D eigenvalue weighted by atomic mass is 10.0. The molecule has 0 aliphatic carbocycles. The number of fused-ring (bicyclic) bond motifs is 1. The van der Waals surface area contributed by atoms with Gasteiger partial charge in [-0.05, 0) is 26.8 Å². The van der Waals surface area contributed by atoms with Gasteiger partial charge in [0.25, 0.3) is 0 Å². The van der Waals surface area contributed by atoms with Gasteiger partial charge in [0.15, 0.2) is 11.5 Å². The second kappa shape index (κ2) is 8.51. The molecule has 148 valence electrons. The minimum absolute atomic E-state index is 0.211. The molecule has 1 aromatic rings. The Hall–Kier alpha value is -2.42. The van der Waals surface area contributed by atoms with E-state index in [0.29, 0.717) is 11.5 Å². The predicted octanol–water partition coefficient (Wildman–Crippen LogP) is 2.81. The van der Waals surface area contributed by atoms with Gasteiger partial charge in [-0.25, -0.2) is 9.10 Å². The topological polar surface area (TPSA) is 85.4 Å². The molecule has 1 aliphatic rings. The SMILES string of the molecule is CCOC(=O)CN(SN(C)C(=O)Oc1cccc2c1OC(C)(C)C2)C(C)=O. The van der Waals surface area contributed by atoms with Crippen molar-refractivity contribution >= 4 is 30.1 Å². The van der Waals surface area contributed by atoms with E-state index in [9.17, 15) is 14.4 Å². The van der Waals surface area contributed by atoms with Crippen LogP contribution < -0.4 is 9.47 Å². The number of hydrogen-bond acceptors (Lipinski definition) is 7. The molecular formula is C18H24N2O6S. The molecule has 1 heterocycles. The van der Waals surface area contributed by atoms with E-state index in [-0.39, 0.29) is 18.8 Å². The third-order valence-electron chi connectivity index (χ3n) is 3.66. The fraction of sp³-hybridized carbons (Fsp3) is 0.500. The van der Waals surface area contributed by atoms with Crippen molar-refractivity contribution in [1.82, 2.24) is 8.61 Å². The van der Waals surface area contributed by atoms with E-state index in [0.717, 1.165) is 32.7 Å². The first-order valence-corrected chi connectivity index (χ1v) is 9.24. The van der Waals surface area contributed by atoms with Gasteiger partial charge in [0, 0.05) is 26.0 Å². The number of amides is 2. The van der Waals surface area contributed by atoms with E-state index in [1.807, 2.05) is 19.9 Å². The van der Waals surface area contributed by atoms with E-state index < -0.39 is 18.0 Å². The zero-order valence-electron chi connectivity index (χ0n) is 16.1. The maximum Gasteiger partial charge on any atom is 0.426 e. The van der Waals surface area contributed by atoms with Gasteiger partial charge in [0.2, 0.25) is 5.91 Å². The lowest BCUT2D eigenvalue weighted by Gasteiger charge is -2.24. The van der Waals surface area contributed by atoms with Crippen molar-refractivity contribution in [1.29, 1.82) is 0 Å². The molecule has 0 saturated carbocycles. The summed E-state index contributed by atoms with van der Waals surface area (Å²) in [6, 6.07) is 5.37. The number of carbonyl (C=O) groups excluding carboxylic acids is 3. The number of hydrogen-bond donors (Lipinski definition) is 0. The molecule has 1 aromatic carbocycles. The Labute approximate surface area is 163 Å². The summed E-state index contributed by atoms with van der Waals surface area (Å²) in [5.74, 6) is -0.0867. The summed E-state index contributed by atoms with van der Waals surface area (Å²) >= 11 is 0.768. The molecule has 0 saturated heterocycles. The first-order valence-electron chi connectivity index (χ1n) is 8.51. The number of rotatable bonds is 6. The molecule has 0 spiro atoms. The Bertz CT molecular complexity index is 737. The molecule has 2 amide bonds. The highest BCUT2D eigenvalue weighted by molar-refractivity contribution is 7.95. The monoisotopic (exact) mass is 396 g/mol. The smallest absolute Gasteiger partial charge is 0.426 e. The lowest BCUT2D eigenvalue weighted by Crippen LogP contribution is -2.35. The molecule has 0 bridgehead atoms. The molecule has 9 heteroatoms. The average Bonchev–Trinajstić information content (AvgIpc) is 2.89. The van der Waals surface area contributed by atoms with Crippen molar-refractivity contribution in [2.24, 2.45) is 0 Å². The third kappa shape index (κ3) is 5.53. The average molecular weight is 396 g/mol. The first-order chi connectivity index (χ1) is 12.6. The minimum atomic E-state index is -0.697. The summed E-state index contributed by atoms with van der Waals surface area (Å²) in [4.78, 5) is 35.7. The number of ether oxygens (including phenoxy) is 3. The van der Waals surface area contributed by atoms with E-state index in [1.165, 1.54) is 14.0 Å². The number of benzene rings is 1. The van der Waals surface area contributed by atoms with Crippen LogP contribution in [0.1, 0.15) is 33.3 Å². The van der Waals surface area contributed by atoms with Gasteiger partial charge in [-0.2, -0.15) is 0 Å². The minimum Gasteiger partial charge on any atom is -0.483 e. The number of para-hydroxylation sites is 1. The molecule has 0 radical (unpaired) electrons. The summed E-state index contributed by atoms with van der Waals surface area (Å²) in [6.45, 7) is 6.83. The summed E-state index contributed by atoms with van der Waals surface area (Å²) in [5, 5.41) is 0. The highest BCUT2D eigenvalue weighted by Gasteiger charge is 2.33. The quantitative estimate of drug-likeness (QED) is 0.540. The second-order valence-corrected chi connectivity index (χ2v) is 7.74.